The fraction of sp³-hybridized carbons (Fsp3) is 0.172. The van der Waals surface area contributed by atoms with Crippen LogP contribution < -0.4 is 0 Å². The van der Waals surface area contributed by atoms with Gasteiger partial charge in [0.25, 0.3) is 0 Å². The molecule has 0 saturated carbocycles. The highest BCUT2D eigenvalue weighted by atomic mass is 15.6. The zero-order valence-electron chi connectivity index (χ0n) is 18.4. The lowest BCUT2D eigenvalue weighted by molar-refractivity contribution is 0.176. The second-order valence-corrected chi connectivity index (χ2v) is 8.74. The molecule has 0 bridgehead atoms. The Morgan fingerprint density at radius 1 is 0.758 bits per heavy atom. The summed E-state index contributed by atoms with van der Waals surface area (Å²) in [5.74, 6) is 0. The number of para-hydroxylation sites is 1. The summed E-state index contributed by atoms with van der Waals surface area (Å²) >= 11 is 0. The first-order valence-corrected chi connectivity index (χ1v) is 11.6. The van der Waals surface area contributed by atoms with Crippen molar-refractivity contribution < 1.29 is 0 Å². The van der Waals surface area contributed by atoms with Crippen molar-refractivity contribution in [3.8, 4) is 0 Å². The topological polar surface area (TPSA) is 32.9 Å². The van der Waals surface area contributed by atoms with Gasteiger partial charge in [-0.15, -0.1) is 0 Å². The summed E-state index contributed by atoms with van der Waals surface area (Å²) in [5, 5.41) is 12.8. The molecule has 0 radical (unpaired) electrons. The van der Waals surface area contributed by atoms with E-state index in [1.54, 1.807) is 0 Å². The van der Waals surface area contributed by atoms with Gasteiger partial charge in [0, 0.05) is 24.2 Å². The molecule has 2 heterocycles. The molecule has 0 fully saturated rings. The molecule has 1 aromatic heterocycles. The van der Waals surface area contributed by atoms with E-state index in [0.29, 0.717) is 0 Å². The Labute approximate surface area is 194 Å². The van der Waals surface area contributed by atoms with Gasteiger partial charge in [0.2, 0.25) is 0 Å². The van der Waals surface area contributed by atoms with E-state index in [1.165, 1.54) is 27.7 Å². The van der Waals surface area contributed by atoms with Crippen LogP contribution in [0.2, 0.25) is 0 Å². The van der Waals surface area contributed by atoms with Crippen molar-refractivity contribution >= 4 is 10.9 Å². The van der Waals surface area contributed by atoms with Gasteiger partial charge in [-0.3, -0.25) is 5.01 Å². The summed E-state index contributed by atoms with van der Waals surface area (Å²) in [5.41, 5.74) is 5.11. The van der Waals surface area contributed by atoms with Gasteiger partial charge >= 0.3 is 0 Å². The van der Waals surface area contributed by atoms with Crippen LogP contribution in [-0.4, -0.2) is 21.7 Å². The van der Waals surface area contributed by atoms with Crippen molar-refractivity contribution in [1.29, 1.82) is 0 Å². The first kappa shape index (κ1) is 19.7. The molecule has 6 rings (SSSR count). The zero-order valence-corrected chi connectivity index (χ0v) is 18.4. The highest BCUT2D eigenvalue weighted by molar-refractivity contribution is 5.81. The molecule has 3 unspecified atom stereocenters. The molecule has 0 spiro atoms. The lowest BCUT2D eigenvalue weighted by atomic mass is 9.97. The molecule has 0 N–H and O–H groups in total. The summed E-state index contributed by atoms with van der Waals surface area (Å²) in [6, 6.07) is 32.7. The Morgan fingerprint density at radius 2 is 1.45 bits per heavy atom. The summed E-state index contributed by atoms with van der Waals surface area (Å²) in [7, 11) is 0. The summed E-state index contributed by atoms with van der Waals surface area (Å²) in [6.45, 7) is 0.823. The van der Waals surface area contributed by atoms with Crippen LogP contribution in [0.15, 0.2) is 126 Å². The third kappa shape index (κ3) is 3.78. The van der Waals surface area contributed by atoms with Gasteiger partial charge in [0.1, 0.15) is 6.04 Å². The predicted octanol–water partition coefficient (Wildman–Crippen LogP) is 6.52. The summed E-state index contributed by atoms with van der Waals surface area (Å²) in [6.07, 6.45) is 9.43. The lowest BCUT2D eigenvalue weighted by Crippen LogP contribution is -2.37. The highest BCUT2D eigenvalue weighted by Crippen LogP contribution is 2.37. The number of hydrogen-bond donors (Lipinski definition) is 0. The Balaban J connectivity index is 1.48. The molecule has 4 nitrogen and oxygen atoms in total. The van der Waals surface area contributed by atoms with E-state index in [0.717, 1.165) is 13.0 Å². The zero-order chi connectivity index (χ0) is 22.0. The SMILES string of the molecule is C1=CC2N=NN(C(Cc3ccccc3)c3cc4ccccc4n3Cc3ccccc3)C2C=C1. The summed E-state index contributed by atoms with van der Waals surface area (Å²) in [4.78, 5) is 0. The monoisotopic (exact) mass is 430 g/mol. The van der Waals surface area contributed by atoms with E-state index < -0.39 is 0 Å². The average Bonchev–Trinajstić information content (AvgIpc) is 3.46. The molecule has 4 aromatic rings. The van der Waals surface area contributed by atoms with Crippen LogP contribution in [0.25, 0.3) is 10.9 Å². The van der Waals surface area contributed by atoms with Crippen LogP contribution in [0.1, 0.15) is 22.9 Å². The first-order chi connectivity index (χ1) is 16.4. The average molecular weight is 431 g/mol. The van der Waals surface area contributed by atoms with Crippen LogP contribution in [0, 0.1) is 0 Å². The number of fused-ring (bicyclic) bond motifs is 2. The second-order valence-electron chi connectivity index (χ2n) is 8.74. The minimum Gasteiger partial charge on any atom is -0.338 e. The molecule has 162 valence electrons. The lowest BCUT2D eigenvalue weighted by Gasteiger charge is -2.32. The molecular formula is C29H26N4. The fourth-order valence-corrected chi connectivity index (χ4v) is 5.01. The maximum absolute atomic E-state index is 4.71. The van der Waals surface area contributed by atoms with Crippen LogP contribution in [0.3, 0.4) is 0 Å². The molecule has 2 aliphatic rings. The third-order valence-corrected chi connectivity index (χ3v) is 6.63. The molecule has 3 aromatic carbocycles. The van der Waals surface area contributed by atoms with Gasteiger partial charge in [-0.1, -0.05) is 108 Å². The Morgan fingerprint density at radius 3 is 2.27 bits per heavy atom. The number of allylic oxidation sites excluding steroid dienone is 2. The summed E-state index contributed by atoms with van der Waals surface area (Å²) < 4.78 is 2.46. The van der Waals surface area contributed by atoms with Gasteiger partial charge in [-0.2, -0.15) is 5.11 Å². The largest absolute Gasteiger partial charge is 0.338 e. The quantitative estimate of drug-likeness (QED) is 0.343. The van der Waals surface area contributed by atoms with E-state index in [9.17, 15) is 0 Å². The van der Waals surface area contributed by atoms with Gasteiger partial charge in [-0.25, -0.2) is 0 Å². The normalized spacial score (nSPS) is 19.8. The molecular weight excluding hydrogens is 404 g/mol. The first-order valence-electron chi connectivity index (χ1n) is 11.6. The van der Waals surface area contributed by atoms with Crippen LogP contribution >= 0.6 is 0 Å². The standard InChI is InChI=1S/C29H26N4/c1-3-11-22(12-4-1)19-29(33-27-18-10-8-16-25(27)30-31-33)28-20-24-15-7-9-17-26(24)32(28)21-23-13-5-2-6-14-23/h1-18,20,25,27,29H,19,21H2. The second kappa shape index (κ2) is 8.55. The van der Waals surface area contributed by atoms with Gasteiger partial charge < -0.3 is 4.57 Å². The van der Waals surface area contributed by atoms with Gasteiger partial charge in [0.15, 0.2) is 0 Å². The number of rotatable bonds is 6. The Hall–Kier alpha value is -3.92. The fourth-order valence-electron chi connectivity index (χ4n) is 5.01. The van der Waals surface area contributed by atoms with Crippen LogP contribution in [0.4, 0.5) is 0 Å². The van der Waals surface area contributed by atoms with Crippen molar-refractivity contribution in [2.75, 3.05) is 0 Å². The number of nitrogens with zero attached hydrogens (tertiary/aromatic N) is 4. The van der Waals surface area contributed by atoms with Crippen molar-refractivity contribution in [2.45, 2.75) is 31.1 Å². The van der Waals surface area contributed by atoms with Crippen molar-refractivity contribution in [3.05, 3.63) is 132 Å². The van der Waals surface area contributed by atoms with Crippen LogP contribution in [0.5, 0.6) is 0 Å². The number of aromatic nitrogens is 1. The molecule has 4 heteroatoms. The number of hydrogen-bond acceptors (Lipinski definition) is 3. The molecule has 33 heavy (non-hydrogen) atoms. The predicted molar refractivity (Wildman–Crippen MR) is 133 cm³/mol. The maximum Gasteiger partial charge on any atom is 0.117 e. The van der Waals surface area contributed by atoms with Crippen molar-refractivity contribution in [3.63, 3.8) is 0 Å². The molecule has 0 amide bonds. The third-order valence-electron chi connectivity index (χ3n) is 6.63. The van der Waals surface area contributed by atoms with Gasteiger partial charge in [0.05, 0.1) is 12.1 Å². The van der Waals surface area contributed by atoms with E-state index in [2.05, 4.69) is 130 Å². The number of benzene rings is 3. The molecule has 3 atom stereocenters. The van der Waals surface area contributed by atoms with E-state index >= 15 is 0 Å². The Kier molecular flexibility index (Phi) is 5.11. The minimum atomic E-state index is 0.0680. The molecule has 0 saturated heterocycles. The Bertz CT molecular complexity index is 1330. The molecule has 1 aliphatic carbocycles. The van der Waals surface area contributed by atoms with E-state index in [4.69, 9.17) is 5.22 Å². The minimum absolute atomic E-state index is 0.0680. The molecule has 1 aliphatic heterocycles. The van der Waals surface area contributed by atoms with Crippen LogP contribution in [-0.2, 0) is 13.0 Å². The smallest absolute Gasteiger partial charge is 0.117 e. The maximum atomic E-state index is 4.71. The van der Waals surface area contributed by atoms with Gasteiger partial charge in [-0.05, 0) is 28.6 Å². The van der Waals surface area contributed by atoms with E-state index in [-0.39, 0.29) is 18.1 Å². The highest BCUT2D eigenvalue weighted by Gasteiger charge is 2.37. The van der Waals surface area contributed by atoms with E-state index in [1.807, 2.05) is 0 Å². The van der Waals surface area contributed by atoms with Crippen molar-refractivity contribution in [2.24, 2.45) is 10.3 Å². The van der Waals surface area contributed by atoms with Crippen molar-refractivity contribution in [1.82, 2.24) is 9.58 Å².